The summed E-state index contributed by atoms with van der Waals surface area (Å²) in [6, 6.07) is 0. The fraction of sp³-hybridized carbons (Fsp3) is 0.908. The molecule has 2 aliphatic heterocycles. The molecule has 1 saturated carbocycles. The molecule has 3 fully saturated rings. The number of carbonyl (C=O) groups is 3. The number of phosphoric ester groups is 1. The Labute approximate surface area is 605 Å². The molecular weight excluding hydrogens is 1330 g/mol. The lowest BCUT2D eigenvalue weighted by Gasteiger charge is -2.49. The van der Waals surface area contributed by atoms with Crippen molar-refractivity contribution in [1.29, 1.82) is 0 Å². The summed E-state index contributed by atoms with van der Waals surface area (Å²) in [4.78, 5) is 51.1. The normalized spacial score (nSPS) is 27.3. The first-order valence-electron chi connectivity index (χ1n) is 39.6. The lowest BCUT2D eigenvalue weighted by molar-refractivity contribution is -0.360. The van der Waals surface area contributed by atoms with Gasteiger partial charge in [0, 0.05) is 19.3 Å². The van der Waals surface area contributed by atoms with Gasteiger partial charge in [-0.1, -0.05) is 244 Å². The van der Waals surface area contributed by atoms with Crippen LogP contribution < -0.4 is 0 Å². The molecule has 0 bridgehead atoms. The van der Waals surface area contributed by atoms with E-state index in [0.29, 0.717) is 19.3 Å². The zero-order chi connectivity index (χ0) is 73.9. The Balaban J connectivity index is 1.71. The van der Waals surface area contributed by atoms with Gasteiger partial charge in [-0.05, 0) is 70.6 Å². The summed E-state index contributed by atoms with van der Waals surface area (Å²) in [5, 5.41) is 110. The van der Waals surface area contributed by atoms with Gasteiger partial charge in [0.1, 0.15) is 98.7 Å². The Morgan fingerprint density at radius 3 is 1.08 bits per heavy atom. The molecule has 3 rings (SSSR count). The summed E-state index contributed by atoms with van der Waals surface area (Å²) in [6.07, 6.45) is 19.3. The van der Waals surface area contributed by atoms with Crippen LogP contribution in [0.3, 0.4) is 0 Å². The van der Waals surface area contributed by atoms with Crippen molar-refractivity contribution in [1.82, 2.24) is 0 Å². The average Bonchev–Trinajstić information content (AvgIpc) is 0.760. The van der Waals surface area contributed by atoms with Crippen LogP contribution in [0.25, 0.3) is 0 Å². The lowest BCUT2D eigenvalue weighted by Crippen LogP contribution is -2.69. The van der Waals surface area contributed by atoms with Crippen molar-refractivity contribution in [2.24, 2.45) is 0 Å². The Bertz CT molecular complexity index is 2180. The molecule has 18 atom stereocenters. The number of esters is 3. The maximum absolute atomic E-state index is 14.4. The van der Waals surface area contributed by atoms with E-state index in [0.717, 1.165) is 135 Å². The van der Waals surface area contributed by atoms with Crippen LogP contribution in [-0.2, 0) is 61.2 Å². The molecule has 18 unspecified atom stereocenters. The maximum Gasteiger partial charge on any atom is 0.472 e. The zero-order valence-electron chi connectivity index (χ0n) is 61.9. The van der Waals surface area contributed by atoms with Crippen LogP contribution in [-0.4, -0.2) is 204 Å². The molecule has 0 aromatic carbocycles. The van der Waals surface area contributed by atoms with Gasteiger partial charge in [-0.3, -0.25) is 23.4 Å². The van der Waals surface area contributed by atoms with Gasteiger partial charge in [-0.15, -0.1) is 0 Å². The van der Waals surface area contributed by atoms with E-state index in [-0.39, 0.29) is 19.3 Å². The van der Waals surface area contributed by atoms with E-state index in [1.807, 2.05) is 0 Å². The van der Waals surface area contributed by atoms with Crippen molar-refractivity contribution in [2.45, 2.75) is 414 Å². The van der Waals surface area contributed by atoms with Gasteiger partial charge >= 0.3 is 25.7 Å². The van der Waals surface area contributed by atoms with Crippen molar-refractivity contribution in [2.75, 3.05) is 26.4 Å². The molecular formula is C76H139O24P. The van der Waals surface area contributed by atoms with E-state index in [4.69, 9.17) is 42.2 Å². The van der Waals surface area contributed by atoms with Crippen LogP contribution in [0.5, 0.6) is 0 Å². The summed E-state index contributed by atoms with van der Waals surface area (Å²) in [6.45, 7) is 3.45. The number of hydrogen-bond acceptors (Lipinski definition) is 23. The molecule has 0 amide bonds. The highest BCUT2D eigenvalue weighted by Gasteiger charge is 2.58. The first-order valence-corrected chi connectivity index (χ1v) is 41.1. The Kier molecular flexibility index (Phi) is 52.8. The van der Waals surface area contributed by atoms with Gasteiger partial charge < -0.3 is 89.1 Å². The molecule has 0 aromatic rings. The highest BCUT2D eigenvalue weighted by molar-refractivity contribution is 7.47. The van der Waals surface area contributed by atoms with Crippen LogP contribution in [0.4, 0.5) is 0 Å². The van der Waals surface area contributed by atoms with Gasteiger partial charge in [0.15, 0.2) is 18.7 Å². The van der Waals surface area contributed by atoms with Gasteiger partial charge in [0.05, 0.1) is 13.2 Å². The van der Waals surface area contributed by atoms with Crippen molar-refractivity contribution in [3.63, 3.8) is 0 Å². The van der Waals surface area contributed by atoms with E-state index < -0.39 is 156 Å². The summed E-state index contributed by atoms with van der Waals surface area (Å²) < 4.78 is 65.1. The molecule has 2 heterocycles. The fourth-order valence-electron chi connectivity index (χ4n) is 13.0. The molecule has 0 spiro atoms. The standard InChI is InChI=1S/C76H139O24P/c1-4-7-10-13-16-19-22-25-28-31-34-37-40-43-46-49-52-62(80)95-57(54-92-60(78)50-47-44-41-38-35-32-29-26-23-20-17-14-11-8-5-2)55-94-101(90,91)100-74-72(98-75-70(88)65(83)63(81)58(53-77)96-75)68(86)67(85)69(87)73(74)99-76-71(89)66(84)64(82)59(97-76)56-93-61(79)51-48-45-42-39-36-33-30-27-24-21-18-15-12-9-6-3/h20-21,23-24,57-59,63-77,81-89H,4-19,22,25-56H2,1-3H3,(H,90,91)/b23-20-,24-21-. The second kappa shape index (κ2) is 57.6. The molecule has 25 heteroatoms. The van der Waals surface area contributed by atoms with Crippen LogP contribution in [0.15, 0.2) is 24.3 Å². The summed E-state index contributed by atoms with van der Waals surface area (Å²) in [5.74, 6) is -1.99. The monoisotopic (exact) mass is 1470 g/mol. The summed E-state index contributed by atoms with van der Waals surface area (Å²) >= 11 is 0. The van der Waals surface area contributed by atoms with Crippen molar-refractivity contribution in [3.05, 3.63) is 24.3 Å². The number of carbonyl (C=O) groups excluding carboxylic acids is 3. The third kappa shape index (κ3) is 40.3. The number of aliphatic hydroxyl groups is 10. The van der Waals surface area contributed by atoms with Crippen LogP contribution in [0.2, 0.25) is 0 Å². The molecule has 592 valence electrons. The predicted octanol–water partition coefficient (Wildman–Crippen LogP) is 11.7. The minimum absolute atomic E-state index is 0.0237. The van der Waals surface area contributed by atoms with Crippen LogP contribution in [0.1, 0.15) is 310 Å². The van der Waals surface area contributed by atoms with Gasteiger partial charge in [0.2, 0.25) is 0 Å². The second-order valence-corrected chi connectivity index (χ2v) is 29.8. The Morgan fingerprint density at radius 1 is 0.376 bits per heavy atom. The average molecular weight is 1470 g/mol. The minimum atomic E-state index is -5.70. The van der Waals surface area contributed by atoms with Gasteiger partial charge in [-0.25, -0.2) is 4.57 Å². The molecule has 1 aliphatic carbocycles. The van der Waals surface area contributed by atoms with E-state index in [2.05, 4.69) is 45.1 Å². The first kappa shape index (κ1) is 92.6. The predicted molar refractivity (Wildman–Crippen MR) is 384 cm³/mol. The quantitative estimate of drug-likeness (QED) is 0.00886. The molecule has 2 saturated heterocycles. The summed E-state index contributed by atoms with van der Waals surface area (Å²) in [5.41, 5.74) is 0. The number of ether oxygens (including phenoxy) is 7. The summed E-state index contributed by atoms with van der Waals surface area (Å²) in [7, 11) is -5.70. The molecule has 0 radical (unpaired) electrons. The molecule has 0 aromatic heterocycles. The largest absolute Gasteiger partial charge is 0.472 e. The Morgan fingerprint density at radius 2 is 0.693 bits per heavy atom. The van der Waals surface area contributed by atoms with E-state index in [1.165, 1.54) is 116 Å². The van der Waals surface area contributed by atoms with Crippen LogP contribution in [0, 0.1) is 0 Å². The fourth-order valence-corrected chi connectivity index (χ4v) is 13.9. The number of unbranched alkanes of at least 4 members (excludes halogenated alkanes) is 37. The third-order valence-corrected chi connectivity index (χ3v) is 20.4. The minimum Gasteiger partial charge on any atom is -0.463 e. The zero-order valence-corrected chi connectivity index (χ0v) is 62.8. The molecule has 101 heavy (non-hydrogen) atoms. The number of hydrogen-bond donors (Lipinski definition) is 11. The first-order chi connectivity index (χ1) is 48.8. The maximum atomic E-state index is 14.4. The smallest absolute Gasteiger partial charge is 0.463 e. The van der Waals surface area contributed by atoms with Crippen molar-refractivity contribution < 1.29 is 117 Å². The SMILES string of the molecule is CCCCCC/C=C\CCCCCCCCCC(=O)OCC(COP(=O)(O)OC1C(OC2OC(CO)C(O)C(O)C2O)C(O)C(O)C(O)C1OC1OC(COC(=O)CCCCCCCCC/C=C\CCCCCC)C(O)C(O)C1O)OC(=O)CCCCCCCCCCCCCCCCCC. The third-order valence-electron chi connectivity index (χ3n) is 19.5. The second-order valence-electron chi connectivity index (χ2n) is 28.4. The van der Waals surface area contributed by atoms with Gasteiger partial charge in [0.25, 0.3) is 0 Å². The Hall–Kier alpha value is -2.56. The highest BCUT2D eigenvalue weighted by atomic mass is 31.2. The van der Waals surface area contributed by atoms with Gasteiger partial charge in [-0.2, -0.15) is 0 Å². The van der Waals surface area contributed by atoms with E-state index in [9.17, 15) is 74.9 Å². The van der Waals surface area contributed by atoms with E-state index >= 15 is 0 Å². The lowest BCUT2D eigenvalue weighted by atomic mass is 9.84. The molecule has 3 aliphatic rings. The molecule has 24 nitrogen and oxygen atoms in total. The number of allylic oxidation sites excluding steroid dienone is 4. The molecule has 11 N–H and O–H groups in total. The number of rotatable bonds is 62. The van der Waals surface area contributed by atoms with Crippen LogP contribution >= 0.6 is 7.82 Å². The topological polar surface area (TPSA) is 374 Å². The highest BCUT2D eigenvalue weighted by Crippen LogP contribution is 2.49. The van der Waals surface area contributed by atoms with Crippen molar-refractivity contribution in [3.8, 4) is 0 Å². The number of phosphoric acid groups is 1. The number of aliphatic hydroxyl groups excluding tert-OH is 10. The van der Waals surface area contributed by atoms with E-state index in [1.54, 1.807) is 0 Å². The van der Waals surface area contributed by atoms with Crippen molar-refractivity contribution >= 4 is 25.7 Å².